The molecular weight excluding hydrogens is 260 g/mol. The number of amides is 3. The highest BCUT2D eigenvalue weighted by Crippen LogP contribution is 1.96. The molecule has 0 saturated heterocycles. The van der Waals surface area contributed by atoms with Gasteiger partial charge in [-0.3, -0.25) is 10.1 Å². The molecule has 1 heterocycles. The summed E-state index contributed by atoms with van der Waals surface area (Å²) in [4.78, 5) is 23.0. The molecule has 0 fully saturated rings. The molecule has 0 saturated carbocycles. The van der Waals surface area contributed by atoms with Gasteiger partial charge in [0.1, 0.15) is 6.54 Å². The van der Waals surface area contributed by atoms with E-state index in [1.165, 1.54) is 4.68 Å². The van der Waals surface area contributed by atoms with Crippen molar-refractivity contribution in [3.63, 3.8) is 0 Å². The standard InChI is InChI=1S/C12H22N6O2/c1-2-3-7-14-12(20)15-11(19)9-18-8-10(16-17-18)5-4-6-13/h8H,2-7,9,13H2,1H3,(H2,14,15,19,20). The van der Waals surface area contributed by atoms with Crippen molar-refractivity contribution in [1.29, 1.82) is 0 Å². The van der Waals surface area contributed by atoms with Crippen LogP contribution in [-0.4, -0.2) is 40.0 Å². The molecule has 0 radical (unpaired) electrons. The minimum Gasteiger partial charge on any atom is -0.338 e. The van der Waals surface area contributed by atoms with Gasteiger partial charge in [0.15, 0.2) is 0 Å². The molecule has 8 heteroatoms. The van der Waals surface area contributed by atoms with E-state index in [2.05, 4.69) is 20.9 Å². The molecule has 0 spiro atoms. The van der Waals surface area contributed by atoms with Crippen molar-refractivity contribution in [3.8, 4) is 0 Å². The number of unbranched alkanes of at least 4 members (excludes halogenated alkanes) is 1. The molecule has 1 aromatic heterocycles. The molecule has 0 bridgehead atoms. The van der Waals surface area contributed by atoms with Crippen LogP contribution < -0.4 is 16.4 Å². The Hall–Kier alpha value is -1.96. The van der Waals surface area contributed by atoms with Crippen LogP contribution in [0.4, 0.5) is 4.79 Å². The zero-order valence-electron chi connectivity index (χ0n) is 11.8. The molecule has 1 rings (SSSR count). The maximum atomic E-state index is 11.6. The fourth-order valence-electron chi connectivity index (χ4n) is 1.55. The minimum atomic E-state index is -0.480. The lowest BCUT2D eigenvalue weighted by atomic mass is 10.2. The smallest absolute Gasteiger partial charge is 0.321 e. The summed E-state index contributed by atoms with van der Waals surface area (Å²) in [5, 5.41) is 12.6. The Balaban J connectivity index is 2.30. The molecule has 3 amide bonds. The van der Waals surface area contributed by atoms with Gasteiger partial charge in [0.2, 0.25) is 5.91 Å². The Labute approximate surface area is 118 Å². The van der Waals surface area contributed by atoms with E-state index < -0.39 is 11.9 Å². The van der Waals surface area contributed by atoms with Crippen LogP contribution in [-0.2, 0) is 17.8 Å². The van der Waals surface area contributed by atoms with Crippen LogP contribution in [0, 0.1) is 0 Å². The second-order valence-corrected chi connectivity index (χ2v) is 4.46. The molecule has 0 unspecified atom stereocenters. The molecule has 0 aliphatic carbocycles. The Kier molecular flexibility index (Phi) is 7.26. The van der Waals surface area contributed by atoms with Crippen molar-refractivity contribution in [2.75, 3.05) is 13.1 Å². The molecule has 4 N–H and O–H groups in total. The van der Waals surface area contributed by atoms with E-state index >= 15 is 0 Å². The molecule has 0 aromatic carbocycles. The predicted octanol–water partition coefficient (Wildman–Crippen LogP) is -0.205. The van der Waals surface area contributed by atoms with Gasteiger partial charge in [0.25, 0.3) is 0 Å². The second-order valence-electron chi connectivity index (χ2n) is 4.46. The molecule has 0 aliphatic heterocycles. The van der Waals surface area contributed by atoms with Crippen molar-refractivity contribution in [3.05, 3.63) is 11.9 Å². The first-order valence-corrected chi connectivity index (χ1v) is 6.82. The van der Waals surface area contributed by atoms with Crippen LogP contribution in [0.15, 0.2) is 6.20 Å². The number of aryl methyl sites for hydroxylation is 1. The molecular formula is C12H22N6O2. The largest absolute Gasteiger partial charge is 0.338 e. The summed E-state index contributed by atoms with van der Waals surface area (Å²) in [5.41, 5.74) is 6.19. The summed E-state index contributed by atoms with van der Waals surface area (Å²) in [5.74, 6) is -0.422. The second kappa shape index (κ2) is 9.03. The third-order valence-corrected chi connectivity index (χ3v) is 2.60. The summed E-state index contributed by atoms with van der Waals surface area (Å²) >= 11 is 0. The van der Waals surface area contributed by atoms with E-state index in [-0.39, 0.29) is 6.54 Å². The van der Waals surface area contributed by atoms with Gasteiger partial charge in [-0.2, -0.15) is 0 Å². The number of imide groups is 1. The van der Waals surface area contributed by atoms with E-state index in [1.54, 1.807) is 6.20 Å². The van der Waals surface area contributed by atoms with Crippen LogP contribution in [0.2, 0.25) is 0 Å². The minimum absolute atomic E-state index is 0.0309. The van der Waals surface area contributed by atoms with Crippen LogP contribution in [0.3, 0.4) is 0 Å². The first kappa shape index (κ1) is 16.1. The molecule has 112 valence electrons. The fourth-order valence-corrected chi connectivity index (χ4v) is 1.55. The predicted molar refractivity (Wildman–Crippen MR) is 73.8 cm³/mol. The monoisotopic (exact) mass is 282 g/mol. The van der Waals surface area contributed by atoms with Gasteiger partial charge in [-0.15, -0.1) is 5.10 Å². The number of urea groups is 1. The maximum Gasteiger partial charge on any atom is 0.321 e. The zero-order valence-corrected chi connectivity index (χ0v) is 11.8. The summed E-state index contributed by atoms with van der Waals surface area (Å²) in [6.07, 6.45) is 5.11. The number of nitrogens with two attached hydrogens (primary N) is 1. The first-order valence-electron chi connectivity index (χ1n) is 6.82. The lowest BCUT2D eigenvalue weighted by Crippen LogP contribution is -2.41. The Bertz CT molecular complexity index is 431. The fraction of sp³-hybridized carbons (Fsp3) is 0.667. The summed E-state index contributed by atoms with van der Waals surface area (Å²) in [6.45, 7) is 3.14. The van der Waals surface area contributed by atoms with Crippen molar-refractivity contribution in [1.82, 2.24) is 25.6 Å². The number of hydrogen-bond donors (Lipinski definition) is 3. The number of nitrogens with zero attached hydrogens (tertiary/aromatic N) is 3. The van der Waals surface area contributed by atoms with Crippen molar-refractivity contribution < 1.29 is 9.59 Å². The van der Waals surface area contributed by atoms with Gasteiger partial charge in [-0.1, -0.05) is 18.6 Å². The average molecular weight is 282 g/mol. The molecule has 8 nitrogen and oxygen atoms in total. The number of rotatable bonds is 8. The topological polar surface area (TPSA) is 115 Å². The number of carbonyl (C=O) groups is 2. The number of hydrogen-bond acceptors (Lipinski definition) is 5. The van der Waals surface area contributed by atoms with Gasteiger partial charge in [0.05, 0.1) is 5.69 Å². The van der Waals surface area contributed by atoms with Crippen LogP contribution in [0.5, 0.6) is 0 Å². The van der Waals surface area contributed by atoms with E-state index in [1.807, 2.05) is 6.92 Å². The van der Waals surface area contributed by atoms with Crippen molar-refractivity contribution in [2.24, 2.45) is 5.73 Å². The SMILES string of the molecule is CCCCNC(=O)NC(=O)Cn1cc(CCCN)nn1. The summed E-state index contributed by atoms with van der Waals surface area (Å²) in [6, 6.07) is -0.480. The van der Waals surface area contributed by atoms with Crippen molar-refractivity contribution >= 4 is 11.9 Å². The lowest BCUT2D eigenvalue weighted by molar-refractivity contribution is -0.120. The van der Waals surface area contributed by atoms with Gasteiger partial charge in [-0.05, 0) is 25.8 Å². The third-order valence-electron chi connectivity index (χ3n) is 2.60. The number of carbonyl (C=O) groups excluding carboxylic acids is 2. The van der Waals surface area contributed by atoms with Gasteiger partial charge in [-0.25, -0.2) is 9.48 Å². The summed E-state index contributed by atoms with van der Waals surface area (Å²) in [7, 11) is 0. The van der Waals surface area contributed by atoms with Crippen LogP contribution >= 0.6 is 0 Å². The van der Waals surface area contributed by atoms with E-state index in [9.17, 15) is 9.59 Å². The van der Waals surface area contributed by atoms with Crippen LogP contribution in [0.25, 0.3) is 0 Å². The normalized spacial score (nSPS) is 10.3. The van der Waals surface area contributed by atoms with Crippen LogP contribution in [0.1, 0.15) is 31.9 Å². The average Bonchev–Trinajstić information content (AvgIpc) is 2.84. The van der Waals surface area contributed by atoms with Crippen molar-refractivity contribution in [2.45, 2.75) is 39.2 Å². The molecule has 20 heavy (non-hydrogen) atoms. The Morgan fingerprint density at radius 2 is 2.20 bits per heavy atom. The molecule has 0 aliphatic rings. The van der Waals surface area contributed by atoms with E-state index in [0.717, 1.165) is 31.4 Å². The lowest BCUT2D eigenvalue weighted by Gasteiger charge is -2.05. The highest BCUT2D eigenvalue weighted by Gasteiger charge is 2.09. The number of aromatic nitrogens is 3. The molecule has 0 atom stereocenters. The van der Waals surface area contributed by atoms with E-state index in [4.69, 9.17) is 5.73 Å². The maximum absolute atomic E-state index is 11.6. The summed E-state index contributed by atoms with van der Waals surface area (Å²) < 4.78 is 1.40. The quantitative estimate of drug-likeness (QED) is 0.571. The molecule has 1 aromatic rings. The van der Waals surface area contributed by atoms with Gasteiger partial charge >= 0.3 is 6.03 Å². The highest BCUT2D eigenvalue weighted by molar-refractivity contribution is 5.94. The highest BCUT2D eigenvalue weighted by atomic mass is 16.2. The third kappa shape index (κ3) is 6.28. The zero-order chi connectivity index (χ0) is 14.8. The number of nitrogens with one attached hydrogen (secondary N) is 2. The Morgan fingerprint density at radius 1 is 1.40 bits per heavy atom. The van der Waals surface area contributed by atoms with E-state index in [0.29, 0.717) is 13.1 Å². The Morgan fingerprint density at radius 3 is 2.90 bits per heavy atom. The van der Waals surface area contributed by atoms with Gasteiger partial charge in [0, 0.05) is 12.7 Å². The van der Waals surface area contributed by atoms with Gasteiger partial charge < -0.3 is 11.1 Å². The first-order chi connectivity index (χ1) is 9.65.